The molecular formula is C20H27N2O4+. The van der Waals surface area contributed by atoms with Gasteiger partial charge >= 0.3 is 17.8 Å². The molecule has 1 aromatic carbocycles. The van der Waals surface area contributed by atoms with E-state index < -0.39 is 27.9 Å². The Kier molecular flexibility index (Phi) is 4.99. The van der Waals surface area contributed by atoms with E-state index in [4.69, 9.17) is 4.84 Å². The second-order valence-electron chi connectivity index (χ2n) is 8.27. The van der Waals surface area contributed by atoms with Crippen molar-refractivity contribution in [1.29, 1.82) is 0 Å². The van der Waals surface area contributed by atoms with Gasteiger partial charge in [0.1, 0.15) is 6.54 Å². The molecule has 0 aromatic heterocycles. The first-order chi connectivity index (χ1) is 12.3. The van der Waals surface area contributed by atoms with E-state index in [0.29, 0.717) is 11.1 Å². The molecule has 1 aromatic rings. The highest BCUT2D eigenvalue weighted by atomic mass is 16.7. The minimum atomic E-state index is -0.847. The Morgan fingerprint density at radius 3 is 2.12 bits per heavy atom. The first-order valence-electron chi connectivity index (χ1n) is 9.31. The minimum absolute atomic E-state index is 0.173. The summed E-state index contributed by atoms with van der Waals surface area (Å²) in [5.74, 6) is -0.733. The van der Waals surface area contributed by atoms with Crippen molar-refractivity contribution in [3.63, 3.8) is 0 Å². The predicted molar refractivity (Wildman–Crippen MR) is 96.2 cm³/mol. The largest absolute Gasteiger partial charge is 0.455 e. The summed E-state index contributed by atoms with van der Waals surface area (Å²) in [5, 5.41) is 0. The summed E-state index contributed by atoms with van der Waals surface area (Å²) in [6, 6.07) is 5.97. The molecular weight excluding hydrogens is 332 g/mol. The van der Waals surface area contributed by atoms with Gasteiger partial charge in [-0.1, -0.05) is 31.4 Å². The highest BCUT2D eigenvalue weighted by molar-refractivity contribution is 6.18. The van der Waals surface area contributed by atoms with Gasteiger partial charge in [0, 0.05) is 5.92 Å². The molecule has 0 saturated heterocycles. The van der Waals surface area contributed by atoms with Gasteiger partial charge in [-0.05, 0) is 45.7 Å². The third-order valence-corrected chi connectivity index (χ3v) is 5.13. The van der Waals surface area contributed by atoms with Crippen LogP contribution in [0.3, 0.4) is 0 Å². The molecule has 0 atom stereocenters. The van der Waals surface area contributed by atoms with Gasteiger partial charge in [-0.15, -0.1) is 4.48 Å². The molecule has 0 spiro atoms. The Labute approximate surface area is 154 Å². The summed E-state index contributed by atoms with van der Waals surface area (Å²) in [5.41, 5.74) is 2.40. The van der Waals surface area contributed by atoms with Gasteiger partial charge in [0.2, 0.25) is 0 Å². The van der Waals surface area contributed by atoms with Crippen LogP contribution in [0.15, 0.2) is 24.3 Å². The van der Waals surface area contributed by atoms with Crippen LogP contribution in [0.1, 0.15) is 73.6 Å². The minimum Gasteiger partial charge on any atom is -0.263 e. The summed E-state index contributed by atoms with van der Waals surface area (Å²) in [7, 11) is 0. The SMILES string of the molecule is CC(C)(C)ONC(=O)[N+]1(CC2CCCCC2)C(=O)c2ccccc2C1=O. The molecule has 1 saturated carbocycles. The van der Waals surface area contributed by atoms with Gasteiger partial charge < -0.3 is 0 Å². The average molecular weight is 359 g/mol. The van der Waals surface area contributed by atoms with Crippen molar-refractivity contribution in [2.45, 2.75) is 58.5 Å². The number of urea groups is 1. The lowest BCUT2D eigenvalue weighted by Crippen LogP contribution is -2.63. The Balaban J connectivity index is 1.96. The molecule has 1 heterocycles. The fourth-order valence-corrected chi connectivity index (χ4v) is 3.82. The lowest BCUT2D eigenvalue weighted by molar-refractivity contribution is -0.685. The van der Waals surface area contributed by atoms with Crippen molar-refractivity contribution in [3.8, 4) is 0 Å². The third kappa shape index (κ3) is 3.31. The molecule has 0 bridgehead atoms. The van der Waals surface area contributed by atoms with Gasteiger partial charge in [-0.2, -0.15) is 5.48 Å². The monoisotopic (exact) mass is 359 g/mol. The molecule has 26 heavy (non-hydrogen) atoms. The van der Waals surface area contributed by atoms with Gasteiger partial charge in [0.05, 0.1) is 16.7 Å². The number of imide groups is 3. The lowest BCUT2D eigenvalue weighted by atomic mass is 9.88. The Bertz CT molecular complexity index is 695. The summed E-state index contributed by atoms with van der Waals surface area (Å²) >= 11 is 0. The van der Waals surface area contributed by atoms with Crippen molar-refractivity contribution in [2.24, 2.45) is 5.92 Å². The fourth-order valence-electron chi connectivity index (χ4n) is 3.82. The van der Waals surface area contributed by atoms with Crippen LogP contribution in [0.25, 0.3) is 0 Å². The van der Waals surface area contributed by atoms with Crippen LogP contribution in [0.2, 0.25) is 0 Å². The highest BCUT2D eigenvalue weighted by Crippen LogP contribution is 2.35. The summed E-state index contributed by atoms with van der Waals surface area (Å²) in [4.78, 5) is 44.9. The Morgan fingerprint density at radius 1 is 1.08 bits per heavy atom. The first kappa shape index (κ1) is 18.7. The maximum atomic E-state index is 13.2. The van der Waals surface area contributed by atoms with E-state index in [2.05, 4.69) is 5.48 Å². The molecule has 6 nitrogen and oxygen atoms in total. The number of hydrogen-bond acceptors (Lipinski definition) is 4. The number of benzene rings is 1. The van der Waals surface area contributed by atoms with Crippen molar-refractivity contribution in [2.75, 3.05) is 6.54 Å². The summed E-state index contributed by atoms with van der Waals surface area (Å²) < 4.78 is -0.847. The maximum Gasteiger partial charge on any atom is 0.455 e. The fraction of sp³-hybridized carbons (Fsp3) is 0.550. The van der Waals surface area contributed by atoms with Crippen molar-refractivity contribution >= 4 is 17.8 Å². The number of rotatable bonds is 3. The van der Waals surface area contributed by atoms with E-state index in [-0.39, 0.29) is 12.5 Å². The second kappa shape index (κ2) is 6.93. The van der Waals surface area contributed by atoms with Gasteiger partial charge in [0.25, 0.3) is 0 Å². The van der Waals surface area contributed by atoms with Crippen LogP contribution in [-0.2, 0) is 4.84 Å². The van der Waals surface area contributed by atoms with Crippen molar-refractivity contribution < 1.29 is 23.7 Å². The maximum absolute atomic E-state index is 13.2. The first-order valence-corrected chi connectivity index (χ1v) is 9.31. The van der Waals surface area contributed by atoms with Crippen LogP contribution < -0.4 is 5.48 Å². The van der Waals surface area contributed by atoms with Crippen LogP contribution in [0.5, 0.6) is 0 Å². The Hall–Kier alpha value is -2.05. The zero-order chi connectivity index (χ0) is 18.9. The topological polar surface area (TPSA) is 72.5 Å². The number of fused-ring (bicyclic) bond motifs is 1. The molecule has 0 unspecified atom stereocenters. The average Bonchev–Trinajstić information content (AvgIpc) is 2.83. The molecule has 2 aliphatic rings. The normalized spacial score (nSPS) is 20.1. The Morgan fingerprint density at radius 2 is 1.62 bits per heavy atom. The number of nitrogens with one attached hydrogen (secondary N) is 1. The molecule has 1 aliphatic heterocycles. The third-order valence-electron chi connectivity index (χ3n) is 5.13. The number of hydrogen-bond donors (Lipinski definition) is 1. The molecule has 3 rings (SSSR count). The summed E-state index contributed by atoms with van der Waals surface area (Å²) in [6.07, 6.45) is 5.17. The molecule has 1 N–H and O–H groups in total. The standard InChI is InChI=1S/C20H26N2O4/c1-20(2,3)26-21-19(25)22(13-14-9-5-4-6-10-14)17(23)15-11-7-8-12-16(15)18(22)24/h7-8,11-12,14H,4-6,9-10,13H2,1-3H3/p+1. The second-order valence-corrected chi connectivity index (χ2v) is 8.27. The molecule has 1 aliphatic carbocycles. The molecule has 4 amide bonds. The number of carbonyl (C=O) groups is 3. The van der Waals surface area contributed by atoms with E-state index in [1.54, 1.807) is 45.0 Å². The number of quaternary nitrogens is 1. The van der Waals surface area contributed by atoms with E-state index >= 15 is 0 Å². The number of nitrogens with zero attached hydrogens (tertiary/aromatic N) is 1. The van der Waals surface area contributed by atoms with E-state index in [1.807, 2.05) is 0 Å². The number of carbonyl (C=O) groups excluding carboxylic acids is 3. The smallest absolute Gasteiger partial charge is 0.263 e. The predicted octanol–water partition coefficient (Wildman–Crippen LogP) is 3.82. The van der Waals surface area contributed by atoms with E-state index in [9.17, 15) is 14.4 Å². The summed E-state index contributed by atoms with van der Waals surface area (Å²) in [6.45, 7) is 5.58. The van der Waals surface area contributed by atoms with Gasteiger partial charge in [-0.25, -0.2) is 14.4 Å². The zero-order valence-electron chi connectivity index (χ0n) is 15.7. The van der Waals surface area contributed by atoms with Gasteiger partial charge in [-0.3, -0.25) is 4.84 Å². The molecule has 0 radical (unpaired) electrons. The number of amides is 4. The molecule has 140 valence electrons. The van der Waals surface area contributed by atoms with Crippen molar-refractivity contribution in [1.82, 2.24) is 5.48 Å². The molecule has 6 heteroatoms. The van der Waals surface area contributed by atoms with Crippen LogP contribution >= 0.6 is 0 Å². The van der Waals surface area contributed by atoms with Crippen LogP contribution in [-0.4, -0.2) is 34.5 Å². The van der Waals surface area contributed by atoms with E-state index in [1.165, 1.54) is 0 Å². The molecule has 1 fully saturated rings. The van der Waals surface area contributed by atoms with Crippen LogP contribution in [0, 0.1) is 5.92 Å². The van der Waals surface area contributed by atoms with Crippen LogP contribution in [0.4, 0.5) is 4.79 Å². The number of hydroxylamine groups is 1. The quantitative estimate of drug-likeness (QED) is 0.506. The van der Waals surface area contributed by atoms with E-state index in [0.717, 1.165) is 32.1 Å². The zero-order valence-corrected chi connectivity index (χ0v) is 15.7. The van der Waals surface area contributed by atoms with Gasteiger partial charge in [0.15, 0.2) is 0 Å². The van der Waals surface area contributed by atoms with Crippen molar-refractivity contribution in [3.05, 3.63) is 35.4 Å². The highest BCUT2D eigenvalue weighted by Gasteiger charge is 2.60. The lowest BCUT2D eigenvalue weighted by Gasteiger charge is -2.32.